The molecule has 0 spiro atoms. The van der Waals surface area contributed by atoms with Gasteiger partial charge in [0, 0.05) is 4.47 Å². The zero-order valence-electron chi connectivity index (χ0n) is 7.66. The highest BCUT2D eigenvalue weighted by atomic mass is 79.9. The molecule has 1 aromatic carbocycles. The van der Waals surface area contributed by atoms with Gasteiger partial charge in [0.25, 0.3) is 0 Å². The molecule has 1 fully saturated rings. The lowest BCUT2D eigenvalue weighted by atomic mass is 9.96. The van der Waals surface area contributed by atoms with Crippen molar-refractivity contribution in [1.82, 2.24) is 0 Å². The fraction of sp³-hybridized carbons (Fsp3) is 0.364. The van der Waals surface area contributed by atoms with E-state index in [0.717, 1.165) is 17.3 Å². The average molecular weight is 252 g/mol. The third kappa shape index (κ3) is 1.76. The Morgan fingerprint density at radius 1 is 1.43 bits per heavy atom. The molecule has 0 saturated heterocycles. The molecule has 0 aliphatic heterocycles. The molecule has 14 heavy (non-hydrogen) atoms. The number of hydrogen-bond acceptors (Lipinski definition) is 2. The van der Waals surface area contributed by atoms with Gasteiger partial charge in [0.05, 0.1) is 6.10 Å². The number of rotatable bonds is 2. The molecule has 72 valence electrons. The summed E-state index contributed by atoms with van der Waals surface area (Å²) < 4.78 is 6.50. The molecule has 1 aliphatic rings. The van der Waals surface area contributed by atoms with Gasteiger partial charge in [0.15, 0.2) is 0 Å². The first-order valence-corrected chi connectivity index (χ1v) is 5.46. The summed E-state index contributed by atoms with van der Waals surface area (Å²) in [6, 6.07) is 7.74. The van der Waals surface area contributed by atoms with Crippen LogP contribution in [0.1, 0.15) is 24.8 Å². The van der Waals surface area contributed by atoms with E-state index in [-0.39, 0.29) is 0 Å². The Balaban J connectivity index is 2.23. The number of ether oxygens (including phenoxy) is 1. The van der Waals surface area contributed by atoms with E-state index in [1.807, 2.05) is 18.2 Å². The number of benzene rings is 1. The number of hydrogen-bond donors (Lipinski definition) is 0. The monoisotopic (exact) mass is 251 g/mol. The van der Waals surface area contributed by atoms with Crippen LogP contribution in [0.2, 0.25) is 0 Å². The van der Waals surface area contributed by atoms with Crippen molar-refractivity contribution in [3.8, 4) is 11.8 Å². The minimum absolute atomic E-state index is 0.316. The zero-order chi connectivity index (χ0) is 9.97. The van der Waals surface area contributed by atoms with E-state index in [1.54, 1.807) is 0 Å². The minimum atomic E-state index is 0.316. The summed E-state index contributed by atoms with van der Waals surface area (Å²) in [6.45, 7) is 0. The van der Waals surface area contributed by atoms with Gasteiger partial charge in [0.1, 0.15) is 17.4 Å². The predicted octanol–water partition coefficient (Wildman–Crippen LogP) is 3.25. The van der Waals surface area contributed by atoms with Gasteiger partial charge in [-0.1, -0.05) is 6.07 Å². The Morgan fingerprint density at radius 2 is 2.21 bits per heavy atom. The highest BCUT2D eigenvalue weighted by molar-refractivity contribution is 9.10. The number of nitriles is 1. The molecule has 0 heterocycles. The Bertz CT molecular complexity index is 379. The molecular formula is C11H10BrNO. The van der Waals surface area contributed by atoms with E-state index in [2.05, 4.69) is 22.0 Å². The number of nitrogens with zero attached hydrogens (tertiary/aromatic N) is 1. The molecule has 1 aliphatic carbocycles. The van der Waals surface area contributed by atoms with Crippen molar-refractivity contribution in [2.24, 2.45) is 0 Å². The summed E-state index contributed by atoms with van der Waals surface area (Å²) in [5, 5.41) is 8.94. The average Bonchev–Trinajstić information content (AvgIpc) is 2.11. The third-order valence-electron chi connectivity index (χ3n) is 2.43. The van der Waals surface area contributed by atoms with E-state index in [4.69, 9.17) is 10.00 Å². The largest absolute Gasteiger partial charge is 0.489 e. The molecular weight excluding hydrogens is 242 g/mol. The van der Waals surface area contributed by atoms with Crippen molar-refractivity contribution in [3.63, 3.8) is 0 Å². The zero-order valence-corrected chi connectivity index (χ0v) is 9.25. The van der Waals surface area contributed by atoms with Gasteiger partial charge in [-0.05, 0) is 47.3 Å². The summed E-state index contributed by atoms with van der Waals surface area (Å²) in [7, 11) is 0. The summed E-state index contributed by atoms with van der Waals surface area (Å²) >= 11 is 3.33. The Morgan fingerprint density at radius 3 is 2.79 bits per heavy atom. The number of halogens is 1. The summed E-state index contributed by atoms with van der Waals surface area (Å²) in [4.78, 5) is 0. The molecule has 0 amide bonds. The van der Waals surface area contributed by atoms with Crippen LogP contribution in [-0.4, -0.2) is 6.10 Å². The van der Waals surface area contributed by atoms with Gasteiger partial charge in [-0.3, -0.25) is 0 Å². The molecule has 3 heteroatoms. The van der Waals surface area contributed by atoms with Crippen LogP contribution in [-0.2, 0) is 0 Å². The first kappa shape index (κ1) is 9.54. The molecule has 0 N–H and O–H groups in total. The molecule has 0 aromatic heterocycles. The van der Waals surface area contributed by atoms with E-state index in [0.29, 0.717) is 17.4 Å². The maximum Gasteiger partial charge on any atom is 0.138 e. The van der Waals surface area contributed by atoms with Crippen LogP contribution in [0, 0.1) is 11.3 Å². The fourth-order valence-electron chi connectivity index (χ4n) is 1.38. The van der Waals surface area contributed by atoms with Gasteiger partial charge in [0.2, 0.25) is 0 Å². The van der Waals surface area contributed by atoms with Gasteiger partial charge in [-0.15, -0.1) is 0 Å². The molecule has 1 aromatic rings. The van der Waals surface area contributed by atoms with Crippen LogP contribution in [0.4, 0.5) is 0 Å². The van der Waals surface area contributed by atoms with Crippen molar-refractivity contribution >= 4 is 15.9 Å². The summed E-state index contributed by atoms with van der Waals surface area (Å²) in [5.41, 5.74) is 0.597. The molecule has 0 unspecified atom stereocenters. The molecule has 2 nitrogen and oxygen atoms in total. The molecule has 1 saturated carbocycles. The van der Waals surface area contributed by atoms with Crippen molar-refractivity contribution in [2.75, 3.05) is 0 Å². The van der Waals surface area contributed by atoms with Crippen LogP contribution >= 0.6 is 15.9 Å². The summed E-state index contributed by atoms with van der Waals surface area (Å²) in [6.07, 6.45) is 3.77. The van der Waals surface area contributed by atoms with Gasteiger partial charge >= 0.3 is 0 Å². The predicted molar refractivity (Wildman–Crippen MR) is 57.1 cm³/mol. The fourth-order valence-corrected chi connectivity index (χ4v) is 1.82. The quantitative estimate of drug-likeness (QED) is 0.809. The van der Waals surface area contributed by atoms with E-state index < -0.39 is 0 Å². The maximum absolute atomic E-state index is 8.94. The molecule has 0 radical (unpaired) electrons. The van der Waals surface area contributed by atoms with Crippen LogP contribution in [0.3, 0.4) is 0 Å². The Kier molecular flexibility index (Phi) is 2.74. The highest BCUT2D eigenvalue weighted by Crippen LogP contribution is 2.30. The molecule has 0 bridgehead atoms. The molecule has 2 rings (SSSR count). The third-order valence-corrected chi connectivity index (χ3v) is 3.09. The smallest absolute Gasteiger partial charge is 0.138 e. The highest BCUT2D eigenvalue weighted by Gasteiger charge is 2.20. The van der Waals surface area contributed by atoms with Crippen molar-refractivity contribution < 1.29 is 4.74 Å². The van der Waals surface area contributed by atoms with E-state index in [9.17, 15) is 0 Å². The lowest BCUT2D eigenvalue weighted by molar-refractivity contribution is 0.120. The van der Waals surface area contributed by atoms with Crippen LogP contribution < -0.4 is 4.74 Å². The van der Waals surface area contributed by atoms with Crippen LogP contribution in [0.15, 0.2) is 22.7 Å². The second-order valence-corrected chi connectivity index (χ2v) is 4.25. The lowest BCUT2D eigenvalue weighted by Crippen LogP contribution is -2.24. The van der Waals surface area contributed by atoms with E-state index in [1.165, 1.54) is 6.42 Å². The minimum Gasteiger partial charge on any atom is -0.489 e. The first-order valence-electron chi connectivity index (χ1n) is 4.66. The normalized spacial score (nSPS) is 15.7. The maximum atomic E-state index is 8.94. The lowest BCUT2D eigenvalue weighted by Gasteiger charge is -2.26. The first-order chi connectivity index (χ1) is 6.81. The van der Waals surface area contributed by atoms with Gasteiger partial charge in [-0.2, -0.15) is 5.26 Å². The molecule has 0 atom stereocenters. The topological polar surface area (TPSA) is 33.0 Å². The van der Waals surface area contributed by atoms with Crippen molar-refractivity contribution in [2.45, 2.75) is 25.4 Å². The van der Waals surface area contributed by atoms with Crippen molar-refractivity contribution in [1.29, 1.82) is 5.26 Å². The second-order valence-electron chi connectivity index (χ2n) is 3.40. The van der Waals surface area contributed by atoms with Gasteiger partial charge in [-0.25, -0.2) is 0 Å². The standard InChI is InChI=1S/C11H10BrNO/c12-10-5-2-6-11(9(10)7-13)14-8-3-1-4-8/h2,5-6,8H,1,3-4H2. The Labute approximate surface area is 91.6 Å². The van der Waals surface area contributed by atoms with Crippen LogP contribution in [0.25, 0.3) is 0 Å². The van der Waals surface area contributed by atoms with E-state index >= 15 is 0 Å². The second kappa shape index (κ2) is 4.02. The van der Waals surface area contributed by atoms with Crippen LogP contribution in [0.5, 0.6) is 5.75 Å². The SMILES string of the molecule is N#Cc1c(Br)cccc1OC1CCC1. The Hall–Kier alpha value is -1.01. The van der Waals surface area contributed by atoms with Gasteiger partial charge < -0.3 is 4.74 Å². The van der Waals surface area contributed by atoms with Crippen molar-refractivity contribution in [3.05, 3.63) is 28.2 Å². The summed E-state index contributed by atoms with van der Waals surface area (Å²) in [5.74, 6) is 0.701.